The topological polar surface area (TPSA) is 86.3 Å². The zero-order valence-corrected chi connectivity index (χ0v) is 10.4. The van der Waals surface area contributed by atoms with Gasteiger partial charge in [0.1, 0.15) is 0 Å². The van der Waals surface area contributed by atoms with E-state index in [9.17, 15) is 20.2 Å². The highest BCUT2D eigenvalue weighted by Gasteiger charge is 2.09. The smallest absolute Gasteiger partial charge is 0.258 e. The number of hydrogen-bond donors (Lipinski definition) is 0. The lowest BCUT2D eigenvalue weighted by atomic mass is 9.99. The quantitative estimate of drug-likeness (QED) is 0.627. The summed E-state index contributed by atoms with van der Waals surface area (Å²) in [6, 6.07) is 12.0. The fourth-order valence-electron chi connectivity index (χ4n) is 1.74. The van der Waals surface area contributed by atoms with E-state index in [4.69, 9.17) is 0 Å². The average Bonchev–Trinajstić information content (AvgIpc) is 2.46. The van der Waals surface area contributed by atoms with Crippen molar-refractivity contribution in [3.8, 4) is 0 Å². The maximum Gasteiger partial charge on any atom is 0.269 e. The number of non-ortho nitro benzene ring substituents is 2. The van der Waals surface area contributed by atoms with E-state index in [2.05, 4.69) is 6.58 Å². The van der Waals surface area contributed by atoms with Gasteiger partial charge in [0.2, 0.25) is 0 Å². The molecule has 0 heterocycles. The predicted molar refractivity (Wildman–Crippen MR) is 74.3 cm³/mol. The summed E-state index contributed by atoms with van der Waals surface area (Å²) >= 11 is 0. The van der Waals surface area contributed by atoms with Crippen molar-refractivity contribution in [1.82, 2.24) is 0 Å². The number of nitro benzene ring substituents is 2. The summed E-state index contributed by atoms with van der Waals surface area (Å²) in [7, 11) is 0. The molecule has 0 aliphatic rings. The van der Waals surface area contributed by atoms with Gasteiger partial charge in [-0.1, -0.05) is 6.58 Å². The van der Waals surface area contributed by atoms with E-state index in [1.54, 1.807) is 24.3 Å². The molecule has 0 saturated heterocycles. The molecular weight excluding hydrogens is 260 g/mol. The Morgan fingerprint density at radius 2 is 1.05 bits per heavy atom. The fraction of sp³-hybridized carbons (Fsp3) is 0. The molecule has 0 unspecified atom stereocenters. The largest absolute Gasteiger partial charge is 0.269 e. The summed E-state index contributed by atoms with van der Waals surface area (Å²) in [5.41, 5.74) is 2.11. The van der Waals surface area contributed by atoms with Gasteiger partial charge in [0.05, 0.1) is 9.85 Å². The van der Waals surface area contributed by atoms with E-state index < -0.39 is 9.85 Å². The van der Waals surface area contributed by atoms with Crippen LogP contribution in [0.25, 0.3) is 5.57 Å². The molecule has 0 saturated carbocycles. The second kappa shape index (κ2) is 5.31. The van der Waals surface area contributed by atoms with Crippen LogP contribution in [0.3, 0.4) is 0 Å². The van der Waals surface area contributed by atoms with Gasteiger partial charge in [-0.25, -0.2) is 0 Å². The molecule has 0 N–H and O–H groups in total. The lowest BCUT2D eigenvalue weighted by Crippen LogP contribution is -1.91. The molecule has 0 spiro atoms. The number of nitro groups is 2. The van der Waals surface area contributed by atoms with Crippen molar-refractivity contribution in [2.75, 3.05) is 0 Å². The summed E-state index contributed by atoms with van der Waals surface area (Å²) in [5, 5.41) is 21.1. The van der Waals surface area contributed by atoms with Crippen LogP contribution in [0.2, 0.25) is 0 Å². The second-order valence-corrected chi connectivity index (χ2v) is 4.09. The molecule has 6 nitrogen and oxygen atoms in total. The van der Waals surface area contributed by atoms with Gasteiger partial charge in [-0.05, 0) is 41.0 Å². The van der Waals surface area contributed by atoms with Crippen LogP contribution in [0.1, 0.15) is 11.1 Å². The van der Waals surface area contributed by atoms with E-state index in [0.717, 1.165) is 11.1 Å². The van der Waals surface area contributed by atoms with Crippen LogP contribution >= 0.6 is 0 Å². The number of benzene rings is 2. The van der Waals surface area contributed by atoms with Crippen molar-refractivity contribution in [2.45, 2.75) is 0 Å². The number of nitrogens with zero attached hydrogens (tertiary/aromatic N) is 2. The SMILES string of the molecule is C=C(c1ccc([N+](=O)[O-])cc1)c1ccc([N+](=O)[O-])cc1. The average molecular weight is 270 g/mol. The van der Waals surface area contributed by atoms with Gasteiger partial charge in [-0.15, -0.1) is 0 Å². The van der Waals surface area contributed by atoms with E-state index in [-0.39, 0.29) is 11.4 Å². The molecule has 0 amide bonds. The van der Waals surface area contributed by atoms with Crippen molar-refractivity contribution in [3.63, 3.8) is 0 Å². The van der Waals surface area contributed by atoms with E-state index >= 15 is 0 Å². The standard InChI is InChI=1S/C14H10N2O4/c1-10(11-2-6-13(7-3-11)15(17)18)12-4-8-14(9-5-12)16(19)20/h2-9H,1H2. The summed E-state index contributed by atoms with van der Waals surface area (Å²) in [6.45, 7) is 3.90. The third kappa shape index (κ3) is 2.69. The summed E-state index contributed by atoms with van der Waals surface area (Å²) in [6.07, 6.45) is 0. The Labute approximate surface area is 114 Å². The Morgan fingerprint density at radius 3 is 1.30 bits per heavy atom. The molecule has 2 aromatic carbocycles. The van der Waals surface area contributed by atoms with Crippen LogP contribution in [0.5, 0.6) is 0 Å². The first-order valence-electron chi connectivity index (χ1n) is 5.67. The highest BCUT2D eigenvalue weighted by atomic mass is 16.6. The molecular formula is C14H10N2O4. The minimum atomic E-state index is -0.474. The van der Waals surface area contributed by atoms with Gasteiger partial charge in [0.15, 0.2) is 0 Å². The van der Waals surface area contributed by atoms with E-state index in [1.165, 1.54) is 24.3 Å². The molecule has 0 aliphatic heterocycles. The number of rotatable bonds is 4. The lowest BCUT2D eigenvalue weighted by molar-refractivity contribution is -0.385. The van der Waals surface area contributed by atoms with Crippen LogP contribution in [-0.4, -0.2) is 9.85 Å². The molecule has 0 bridgehead atoms. The molecule has 0 aliphatic carbocycles. The molecule has 100 valence electrons. The summed E-state index contributed by atoms with van der Waals surface area (Å²) in [4.78, 5) is 20.2. The first-order valence-corrected chi connectivity index (χ1v) is 5.67. The van der Waals surface area contributed by atoms with Crippen molar-refractivity contribution < 1.29 is 9.85 Å². The monoisotopic (exact) mass is 270 g/mol. The third-order valence-corrected chi connectivity index (χ3v) is 2.85. The van der Waals surface area contributed by atoms with E-state index in [0.29, 0.717) is 5.57 Å². The first-order chi connectivity index (χ1) is 9.49. The third-order valence-electron chi connectivity index (χ3n) is 2.85. The molecule has 2 rings (SSSR count). The van der Waals surface area contributed by atoms with Crippen LogP contribution in [0, 0.1) is 20.2 Å². The summed E-state index contributed by atoms with van der Waals surface area (Å²) in [5.74, 6) is 0. The van der Waals surface area contributed by atoms with Gasteiger partial charge in [0.25, 0.3) is 11.4 Å². The normalized spacial score (nSPS) is 10.0. The van der Waals surface area contributed by atoms with Crippen LogP contribution in [0.4, 0.5) is 11.4 Å². The zero-order chi connectivity index (χ0) is 14.7. The Morgan fingerprint density at radius 1 is 0.750 bits per heavy atom. The Hall–Kier alpha value is -3.02. The molecule has 6 heteroatoms. The molecule has 0 radical (unpaired) electrons. The van der Waals surface area contributed by atoms with Crippen molar-refractivity contribution in [1.29, 1.82) is 0 Å². The molecule has 0 aromatic heterocycles. The van der Waals surface area contributed by atoms with Crippen molar-refractivity contribution >= 4 is 16.9 Å². The zero-order valence-electron chi connectivity index (χ0n) is 10.4. The van der Waals surface area contributed by atoms with Gasteiger partial charge in [-0.3, -0.25) is 20.2 Å². The highest BCUT2D eigenvalue weighted by molar-refractivity contribution is 5.78. The Kier molecular flexibility index (Phi) is 3.56. The van der Waals surface area contributed by atoms with Crippen molar-refractivity contribution in [3.05, 3.63) is 86.5 Å². The van der Waals surface area contributed by atoms with Gasteiger partial charge < -0.3 is 0 Å². The molecule has 0 atom stereocenters. The second-order valence-electron chi connectivity index (χ2n) is 4.09. The molecule has 2 aromatic rings. The summed E-state index contributed by atoms with van der Waals surface area (Å²) < 4.78 is 0. The van der Waals surface area contributed by atoms with Crippen LogP contribution < -0.4 is 0 Å². The number of hydrogen-bond acceptors (Lipinski definition) is 4. The Balaban J connectivity index is 2.26. The van der Waals surface area contributed by atoms with Crippen LogP contribution in [0.15, 0.2) is 55.1 Å². The van der Waals surface area contributed by atoms with Gasteiger partial charge in [0, 0.05) is 24.3 Å². The Bertz CT molecular complexity index is 616. The highest BCUT2D eigenvalue weighted by Crippen LogP contribution is 2.25. The molecule has 20 heavy (non-hydrogen) atoms. The van der Waals surface area contributed by atoms with E-state index in [1.807, 2.05) is 0 Å². The minimum Gasteiger partial charge on any atom is -0.258 e. The predicted octanol–water partition coefficient (Wildman–Crippen LogP) is 3.56. The lowest BCUT2D eigenvalue weighted by Gasteiger charge is -2.05. The van der Waals surface area contributed by atoms with Crippen molar-refractivity contribution in [2.24, 2.45) is 0 Å². The minimum absolute atomic E-state index is 0.00486. The molecule has 0 fully saturated rings. The maximum absolute atomic E-state index is 10.6. The first kappa shape index (κ1) is 13.4. The maximum atomic E-state index is 10.6. The van der Waals surface area contributed by atoms with Gasteiger partial charge >= 0.3 is 0 Å². The van der Waals surface area contributed by atoms with Crippen LogP contribution in [-0.2, 0) is 0 Å². The fourth-order valence-corrected chi connectivity index (χ4v) is 1.74. The van der Waals surface area contributed by atoms with Gasteiger partial charge in [-0.2, -0.15) is 0 Å².